The summed E-state index contributed by atoms with van der Waals surface area (Å²) in [7, 11) is 0. The van der Waals surface area contributed by atoms with Gasteiger partial charge in [-0.3, -0.25) is 0 Å². The molecule has 5 nitrogen and oxygen atoms in total. The van der Waals surface area contributed by atoms with Crippen molar-refractivity contribution in [3.63, 3.8) is 0 Å². The van der Waals surface area contributed by atoms with Crippen molar-refractivity contribution in [3.05, 3.63) is 0 Å². The second kappa shape index (κ2) is 10.7. The molecule has 0 aromatic carbocycles. The molecule has 0 aliphatic heterocycles. The summed E-state index contributed by atoms with van der Waals surface area (Å²) in [6.07, 6.45) is 8.28. The van der Waals surface area contributed by atoms with Crippen LogP contribution >= 0.6 is 0 Å². The van der Waals surface area contributed by atoms with E-state index in [1.54, 1.807) is 0 Å². The molecule has 5 N–H and O–H groups in total. The SMILES string of the molecule is CC1CC(C)(C)[C@@H]2CC[C@]3(C)[C@H](CC[C@@H]4[C@@]5(C)CC[C@H](C(C)C(O)CC(O)C(O)C(O)CO)[C@@H]5CC[C@]43C)[C@@]2(C)C1. The molecule has 0 amide bonds. The predicted octanol–water partition coefficient (Wildman–Crippen LogP) is 6.19. The molecular formula is C36H64O5. The van der Waals surface area contributed by atoms with Gasteiger partial charge in [-0.25, -0.2) is 0 Å². The van der Waals surface area contributed by atoms with Gasteiger partial charge in [-0.1, -0.05) is 55.4 Å². The minimum atomic E-state index is -1.45. The quantitative estimate of drug-likeness (QED) is 0.249. The molecular weight excluding hydrogens is 512 g/mol. The largest absolute Gasteiger partial charge is 0.394 e. The van der Waals surface area contributed by atoms with Gasteiger partial charge in [-0.05, 0) is 133 Å². The van der Waals surface area contributed by atoms with Crippen molar-refractivity contribution >= 4 is 0 Å². The molecule has 5 fully saturated rings. The second-order valence-corrected chi connectivity index (χ2v) is 17.9. The highest BCUT2D eigenvalue weighted by Gasteiger charge is 2.70. The summed E-state index contributed by atoms with van der Waals surface area (Å²) in [4.78, 5) is 0. The number of aliphatic hydroxyl groups excluding tert-OH is 5. The van der Waals surface area contributed by atoms with Crippen molar-refractivity contribution in [1.29, 1.82) is 0 Å². The lowest BCUT2D eigenvalue weighted by Crippen LogP contribution is -2.66. The minimum Gasteiger partial charge on any atom is -0.394 e. The molecule has 0 spiro atoms. The molecule has 5 saturated carbocycles. The average Bonchev–Trinajstić information content (AvgIpc) is 3.23. The van der Waals surface area contributed by atoms with Crippen LogP contribution in [0.15, 0.2) is 0 Å². The zero-order chi connectivity index (χ0) is 30.3. The summed E-state index contributed by atoms with van der Waals surface area (Å²) in [5, 5.41) is 50.7. The van der Waals surface area contributed by atoms with Crippen molar-refractivity contribution in [2.45, 2.75) is 150 Å². The van der Waals surface area contributed by atoms with Crippen LogP contribution < -0.4 is 0 Å². The van der Waals surface area contributed by atoms with Gasteiger partial charge in [0.15, 0.2) is 0 Å². The molecule has 5 heteroatoms. The number of hydrogen-bond acceptors (Lipinski definition) is 5. The molecule has 0 aromatic rings. The molecule has 0 saturated heterocycles. The van der Waals surface area contributed by atoms with E-state index in [1.807, 2.05) is 0 Å². The van der Waals surface area contributed by atoms with Crippen LogP contribution in [0.3, 0.4) is 0 Å². The van der Waals surface area contributed by atoms with Crippen molar-refractivity contribution in [1.82, 2.24) is 0 Å². The Morgan fingerprint density at radius 3 is 1.85 bits per heavy atom. The minimum absolute atomic E-state index is 0.0199. The van der Waals surface area contributed by atoms with E-state index in [9.17, 15) is 20.4 Å². The van der Waals surface area contributed by atoms with Crippen LogP contribution in [0.25, 0.3) is 0 Å². The van der Waals surface area contributed by atoms with Gasteiger partial charge in [0.25, 0.3) is 0 Å². The van der Waals surface area contributed by atoms with Crippen molar-refractivity contribution in [3.8, 4) is 0 Å². The van der Waals surface area contributed by atoms with E-state index in [2.05, 4.69) is 55.4 Å². The lowest BCUT2D eigenvalue weighted by molar-refractivity contribution is -0.246. The molecule has 5 rings (SSSR count). The van der Waals surface area contributed by atoms with Crippen LogP contribution in [-0.4, -0.2) is 56.6 Å². The summed E-state index contributed by atoms with van der Waals surface area (Å²) >= 11 is 0. The second-order valence-electron chi connectivity index (χ2n) is 17.9. The third-order valence-electron chi connectivity index (χ3n) is 15.6. The summed E-state index contributed by atoms with van der Waals surface area (Å²) in [6.45, 7) is 19.9. The molecule has 41 heavy (non-hydrogen) atoms. The Bertz CT molecular complexity index is 952. The maximum absolute atomic E-state index is 11.2. The first kappa shape index (κ1) is 32.2. The Labute approximate surface area is 250 Å². The summed E-state index contributed by atoms with van der Waals surface area (Å²) in [6, 6.07) is 0. The topological polar surface area (TPSA) is 101 Å². The van der Waals surface area contributed by atoms with Crippen LogP contribution in [0.2, 0.25) is 0 Å². The molecule has 0 bridgehead atoms. The lowest BCUT2D eigenvalue weighted by Gasteiger charge is -2.73. The van der Waals surface area contributed by atoms with E-state index >= 15 is 0 Å². The predicted molar refractivity (Wildman–Crippen MR) is 164 cm³/mol. The Morgan fingerprint density at radius 2 is 1.24 bits per heavy atom. The van der Waals surface area contributed by atoms with E-state index in [4.69, 9.17) is 5.11 Å². The maximum Gasteiger partial charge on any atom is 0.108 e. The fourth-order valence-corrected chi connectivity index (χ4v) is 13.9. The molecule has 0 radical (unpaired) electrons. The summed E-state index contributed by atoms with van der Waals surface area (Å²) < 4.78 is 0. The highest BCUT2D eigenvalue weighted by Crippen LogP contribution is 2.78. The van der Waals surface area contributed by atoms with E-state index in [-0.39, 0.29) is 17.8 Å². The Hall–Kier alpha value is -0.200. The highest BCUT2D eigenvalue weighted by atomic mass is 16.4. The van der Waals surface area contributed by atoms with Crippen LogP contribution in [-0.2, 0) is 0 Å². The summed E-state index contributed by atoms with van der Waals surface area (Å²) in [5.41, 5.74) is 1.87. The molecule has 0 aromatic heterocycles. The van der Waals surface area contributed by atoms with Gasteiger partial charge in [-0.2, -0.15) is 0 Å². The standard InChI is InChI=1S/C36H64O5/c1-21-18-32(3,4)28-13-16-36(8)30(34(28,6)19-21)10-9-29-33(5)14-11-23(24(33)12-15-35(29,36)7)22(2)25(38)17-26(39)31(41)27(40)20-37/h21-31,37-41H,9-20H2,1-8H3/t21?,22?,23-,24+,25?,26?,27?,28+,29-,30-,31?,33+,34+,35-,36-/m1/s1. The van der Waals surface area contributed by atoms with Crippen molar-refractivity contribution in [2.75, 3.05) is 6.61 Å². The van der Waals surface area contributed by atoms with Crippen LogP contribution in [0.1, 0.15) is 126 Å². The molecule has 5 aliphatic carbocycles. The van der Waals surface area contributed by atoms with E-state index < -0.39 is 31.0 Å². The van der Waals surface area contributed by atoms with Gasteiger partial charge in [0, 0.05) is 6.42 Å². The smallest absolute Gasteiger partial charge is 0.108 e. The zero-order valence-electron chi connectivity index (χ0n) is 27.6. The number of aliphatic hydroxyl groups is 5. The maximum atomic E-state index is 11.2. The molecule has 5 aliphatic rings. The van der Waals surface area contributed by atoms with E-state index in [1.165, 1.54) is 57.8 Å². The molecule has 0 heterocycles. The van der Waals surface area contributed by atoms with Crippen molar-refractivity contribution in [2.24, 2.45) is 68.5 Å². The first-order valence-corrected chi connectivity index (χ1v) is 17.3. The van der Waals surface area contributed by atoms with Gasteiger partial charge in [0.1, 0.15) is 12.2 Å². The fraction of sp³-hybridized carbons (Fsp3) is 1.00. The third-order valence-corrected chi connectivity index (χ3v) is 15.6. The van der Waals surface area contributed by atoms with Gasteiger partial charge in [0.05, 0.1) is 18.8 Å². The van der Waals surface area contributed by atoms with Gasteiger partial charge < -0.3 is 25.5 Å². The first-order chi connectivity index (χ1) is 19.0. The molecule has 6 unspecified atom stereocenters. The number of rotatable bonds is 7. The Morgan fingerprint density at radius 1 is 0.659 bits per heavy atom. The highest BCUT2D eigenvalue weighted by molar-refractivity contribution is 5.19. The lowest BCUT2D eigenvalue weighted by atomic mass is 9.31. The normalized spacial score (nSPS) is 50.9. The van der Waals surface area contributed by atoms with E-state index in [0.717, 1.165) is 24.2 Å². The van der Waals surface area contributed by atoms with Crippen LogP contribution in [0.5, 0.6) is 0 Å². The average molecular weight is 577 g/mol. The third kappa shape index (κ3) is 4.72. The molecule has 15 atom stereocenters. The zero-order valence-corrected chi connectivity index (χ0v) is 27.6. The monoisotopic (exact) mass is 576 g/mol. The first-order valence-electron chi connectivity index (χ1n) is 17.3. The van der Waals surface area contributed by atoms with Crippen LogP contribution in [0, 0.1) is 68.5 Å². The Balaban J connectivity index is 1.36. The van der Waals surface area contributed by atoms with Gasteiger partial charge in [0.2, 0.25) is 0 Å². The van der Waals surface area contributed by atoms with E-state index in [0.29, 0.717) is 39.4 Å². The van der Waals surface area contributed by atoms with Crippen molar-refractivity contribution < 1.29 is 25.5 Å². The van der Waals surface area contributed by atoms with Gasteiger partial charge in [-0.15, -0.1) is 0 Å². The van der Waals surface area contributed by atoms with Crippen LogP contribution in [0.4, 0.5) is 0 Å². The fourth-order valence-electron chi connectivity index (χ4n) is 13.9. The summed E-state index contributed by atoms with van der Waals surface area (Å²) in [5.74, 6) is 4.17. The number of fused-ring (bicyclic) bond motifs is 7. The van der Waals surface area contributed by atoms with Gasteiger partial charge >= 0.3 is 0 Å². The molecule has 238 valence electrons. The Kier molecular flexibility index (Phi) is 8.41. The number of hydrogen-bond donors (Lipinski definition) is 5.